The van der Waals surface area contributed by atoms with E-state index < -0.39 is 4.92 Å². The van der Waals surface area contributed by atoms with Crippen molar-refractivity contribution in [1.82, 2.24) is 9.97 Å². The molecule has 0 bridgehead atoms. The van der Waals surface area contributed by atoms with Crippen molar-refractivity contribution >= 4 is 29.0 Å². The minimum Gasteiger partial charge on any atom is -0.310 e. The van der Waals surface area contributed by atoms with Gasteiger partial charge in [0, 0.05) is 18.2 Å². The Kier molecular flexibility index (Phi) is 4.21. The summed E-state index contributed by atoms with van der Waals surface area (Å²) in [7, 11) is 0. The number of nitrogens with zero attached hydrogens (tertiary/aromatic N) is 3. The first-order valence-corrected chi connectivity index (χ1v) is 5.93. The van der Waals surface area contributed by atoms with Crippen LogP contribution in [0.3, 0.4) is 0 Å². The first-order chi connectivity index (χ1) is 9.54. The molecule has 2 aromatic rings. The van der Waals surface area contributed by atoms with Crippen molar-refractivity contribution in [3.8, 4) is 0 Å². The zero-order valence-corrected chi connectivity index (χ0v) is 10.9. The van der Waals surface area contributed by atoms with Gasteiger partial charge in [0.2, 0.25) is 5.91 Å². The van der Waals surface area contributed by atoms with E-state index in [1.54, 1.807) is 6.07 Å². The lowest BCUT2D eigenvalue weighted by atomic mass is 10.1. The van der Waals surface area contributed by atoms with Crippen molar-refractivity contribution in [2.24, 2.45) is 0 Å². The van der Waals surface area contributed by atoms with E-state index in [2.05, 4.69) is 15.3 Å². The number of nitro benzene ring substituents is 1. The zero-order valence-electron chi connectivity index (χ0n) is 10.1. The van der Waals surface area contributed by atoms with Gasteiger partial charge in [0.1, 0.15) is 17.3 Å². The second-order valence-electron chi connectivity index (χ2n) is 3.88. The van der Waals surface area contributed by atoms with E-state index in [0.29, 0.717) is 5.56 Å². The van der Waals surface area contributed by atoms with Crippen LogP contribution in [0.15, 0.2) is 36.7 Å². The van der Waals surface area contributed by atoms with Crippen LogP contribution in [0.5, 0.6) is 0 Å². The van der Waals surface area contributed by atoms with Crippen molar-refractivity contribution in [2.45, 2.75) is 6.42 Å². The average Bonchev–Trinajstić information content (AvgIpc) is 2.38. The lowest BCUT2D eigenvalue weighted by molar-refractivity contribution is -0.384. The predicted octanol–water partition coefficient (Wildman–Crippen LogP) is 2.22. The molecule has 7 nitrogen and oxygen atoms in total. The van der Waals surface area contributed by atoms with Gasteiger partial charge in [-0.25, -0.2) is 9.97 Å². The Morgan fingerprint density at radius 3 is 2.85 bits per heavy atom. The number of halogens is 1. The molecular weight excluding hydrogens is 284 g/mol. The molecule has 0 spiro atoms. The maximum atomic E-state index is 11.8. The molecule has 8 heteroatoms. The number of nitro groups is 1. The van der Waals surface area contributed by atoms with Crippen molar-refractivity contribution in [1.29, 1.82) is 0 Å². The van der Waals surface area contributed by atoms with Gasteiger partial charge >= 0.3 is 0 Å². The van der Waals surface area contributed by atoms with E-state index in [9.17, 15) is 14.9 Å². The summed E-state index contributed by atoms with van der Waals surface area (Å²) < 4.78 is 0. The van der Waals surface area contributed by atoms with Gasteiger partial charge in [-0.05, 0) is 5.56 Å². The number of non-ortho nitro benzene ring substituents is 1. The molecule has 2 rings (SSSR count). The normalized spacial score (nSPS) is 10.1. The molecule has 0 saturated carbocycles. The van der Waals surface area contributed by atoms with Gasteiger partial charge in [0.05, 0.1) is 11.3 Å². The van der Waals surface area contributed by atoms with E-state index in [1.165, 1.54) is 30.6 Å². The Bertz CT molecular complexity index is 663. The van der Waals surface area contributed by atoms with E-state index in [0.717, 1.165) is 0 Å². The predicted molar refractivity (Wildman–Crippen MR) is 72.5 cm³/mol. The lowest BCUT2D eigenvalue weighted by Crippen LogP contribution is -2.15. The minimum absolute atomic E-state index is 0.00328. The number of rotatable bonds is 4. The smallest absolute Gasteiger partial charge is 0.269 e. The molecule has 102 valence electrons. The molecule has 1 aromatic carbocycles. The fraction of sp³-hybridized carbons (Fsp3) is 0.0833. The third-order valence-corrected chi connectivity index (χ3v) is 2.59. The number of hydrogen-bond acceptors (Lipinski definition) is 5. The lowest BCUT2D eigenvalue weighted by Gasteiger charge is -2.04. The maximum absolute atomic E-state index is 11.8. The van der Waals surface area contributed by atoms with Crippen LogP contribution < -0.4 is 5.32 Å². The molecule has 0 aliphatic carbocycles. The quantitative estimate of drug-likeness (QED) is 0.529. The molecule has 20 heavy (non-hydrogen) atoms. The second kappa shape index (κ2) is 6.07. The number of amides is 1. The van der Waals surface area contributed by atoms with Crippen LogP contribution in [0, 0.1) is 10.1 Å². The fourth-order valence-electron chi connectivity index (χ4n) is 1.55. The fourth-order valence-corrected chi connectivity index (χ4v) is 1.70. The number of anilines is 1. The molecule has 0 fully saturated rings. The Morgan fingerprint density at radius 2 is 2.15 bits per heavy atom. The van der Waals surface area contributed by atoms with Crippen molar-refractivity contribution in [3.63, 3.8) is 0 Å². The Morgan fingerprint density at radius 1 is 1.35 bits per heavy atom. The summed E-state index contributed by atoms with van der Waals surface area (Å²) in [4.78, 5) is 29.4. The molecular formula is C12H9ClN4O3. The summed E-state index contributed by atoms with van der Waals surface area (Å²) in [6.07, 6.45) is 1.23. The van der Waals surface area contributed by atoms with Crippen LogP contribution in [0.1, 0.15) is 5.56 Å². The van der Waals surface area contributed by atoms with Crippen molar-refractivity contribution in [2.75, 3.05) is 5.32 Å². The second-order valence-corrected chi connectivity index (χ2v) is 4.27. The number of hydrogen-bond donors (Lipinski definition) is 1. The van der Waals surface area contributed by atoms with E-state index >= 15 is 0 Å². The molecule has 0 aliphatic heterocycles. The zero-order chi connectivity index (χ0) is 14.5. The maximum Gasteiger partial charge on any atom is 0.269 e. The topological polar surface area (TPSA) is 98.0 Å². The highest BCUT2D eigenvalue weighted by molar-refractivity contribution is 6.29. The Labute approximate surface area is 118 Å². The summed E-state index contributed by atoms with van der Waals surface area (Å²) in [6, 6.07) is 7.30. The molecule has 0 unspecified atom stereocenters. The van der Waals surface area contributed by atoms with Gasteiger partial charge in [0.15, 0.2) is 0 Å². The van der Waals surface area contributed by atoms with Gasteiger partial charge in [-0.15, -0.1) is 0 Å². The molecule has 0 aliphatic rings. The highest BCUT2D eigenvalue weighted by Gasteiger charge is 2.09. The molecule has 0 atom stereocenters. The van der Waals surface area contributed by atoms with Crippen LogP contribution in [0.4, 0.5) is 11.5 Å². The Balaban J connectivity index is 2.04. The van der Waals surface area contributed by atoms with Crippen LogP contribution in [0.2, 0.25) is 5.15 Å². The van der Waals surface area contributed by atoms with Gasteiger partial charge < -0.3 is 5.32 Å². The van der Waals surface area contributed by atoms with Crippen molar-refractivity contribution < 1.29 is 9.72 Å². The third kappa shape index (κ3) is 3.72. The van der Waals surface area contributed by atoms with Gasteiger partial charge in [-0.1, -0.05) is 23.7 Å². The summed E-state index contributed by atoms with van der Waals surface area (Å²) in [5.41, 5.74) is 0.484. The average molecular weight is 293 g/mol. The standard InChI is InChI=1S/C12H9ClN4O3/c13-10-6-11(15-7-14-10)16-12(18)5-8-2-1-3-9(4-8)17(19)20/h1-4,6-7H,5H2,(H,14,15,16,18). The van der Waals surface area contributed by atoms with Crippen LogP contribution >= 0.6 is 11.6 Å². The van der Waals surface area contributed by atoms with Crippen LogP contribution in [-0.4, -0.2) is 20.8 Å². The van der Waals surface area contributed by atoms with Crippen LogP contribution in [-0.2, 0) is 11.2 Å². The van der Waals surface area contributed by atoms with Gasteiger partial charge in [-0.3, -0.25) is 14.9 Å². The molecule has 0 saturated heterocycles. The summed E-state index contributed by atoms with van der Waals surface area (Å²) in [6.45, 7) is 0. The number of aromatic nitrogens is 2. The minimum atomic E-state index is -0.508. The molecule has 1 heterocycles. The number of nitrogens with one attached hydrogen (secondary N) is 1. The number of benzene rings is 1. The van der Waals surface area contributed by atoms with Crippen molar-refractivity contribution in [3.05, 3.63) is 57.5 Å². The highest BCUT2D eigenvalue weighted by atomic mass is 35.5. The first-order valence-electron chi connectivity index (χ1n) is 5.55. The monoisotopic (exact) mass is 292 g/mol. The first kappa shape index (κ1) is 13.9. The summed E-state index contributed by atoms with van der Waals surface area (Å²) in [5.74, 6) is -0.0688. The highest BCUT2D eigenvalue weighted by Crippen LogP contribution is 2.14. The SMILES string of the molecule is O=C(Cc1cccc([N+](=O)[O-])c1)Nc1cc(Cl)ncn1. The number of carbonyl (C=O) groups is 1. The largest absolute Gasteiger partial charge is 0.310 e. The number of carbonyl (C=O) groups excluding carboxylic acids is 1. The van der Waals surface area contributed by atoms with E-state index in [1.807, 2.05) is 0 Å². The molecule has 1 amide bonds. The van der Waals surface area contributed by atoms with E-state index in [-0.39, 0.29) is 29.0 Å². The van der Waals surface area contributed by atoms with E-state index in [4.69, 9.17) is 11.6 Å². The Hall–Kier alpha value is -2.54. The summed E-state index contributed by atoms with van der Waals surface area (Å²) >= 11 is 5.67. The van der Waals surface area contributed by atoms with Crippen LogP contribution in [0.25, 0.3) is 0 Å². The third-order valence-electron chi connectivity index (χ3n) is 2.39. The van der Waals surface area contributed by atoms with Gasteiger partial charge in [-0.2, -0.15) is 0 Å². The summed E-state index contributed by atoms with van der Waals surface area (Å²) in [5, 5.41) is 13.4. The van der Waals surface area contributed by atoms with Gasteiger partial charge in [0.25, 0.3) is 5.69 Å². The molecule has 1 aromatic heterocycles. The molecule has 1 N–H and O–H groups in total. The molecule has 0 radical (unpaired) electrons.